The fraction of sp³-hybridized carbons (Fsp3) is 1.00. The average molecular weight is 171 g/mol. The quantitative estimate of drug-likeness (QED) is 0.626. The van der Waals surface area contributed by atoms with Crippen LogP contribution in [0.4, 0.5) is 0 Å². The zero-order valence-corrected chi connectivity index (χ0v) is 8.33. The van der Waals surface area contributed by atoms with E-state index < -0.39 is 0 Å². The van der Waals surface area contributed by atoms with Crippen molar-refractivity contribution < 1.29 is 5.11 Å². The molecule has 2 heteroatoms. The van der Waals surface area contributed by atoms with Gasteiger partial charge in [0, 0.05) is 6.04 Å². The van der Waals surface area contributed by atoms with Gasteiger partial charge in [-0.3, -0.25) is 0 Å². The predicted molar refractivity (Wildman–Crippen MR) is 50.7 cm³/mol. The first-order valence-electron chi connectivity index (χ1n) is 4.97. The number of rotatable bonds is 1. The molecule has 0 aromatic carbocycles. The van der Waals surface area contributed by atoms with E-state index in [9.17, 15) is 5.11 Å². The van der Waals surface area contributed by atoms with Crippen molar-refractivity contribution in [3.8, 4) is 0 Å². The van der Waals surface area contributed by atoms with Gasteiger partial charge in [-0.2, -0.15) is 0 Å². The molecule has 1 aliphatic rings. The maximum absolute atomic E-state index is 9.85. The summed E-state index contributed by atoms with van der Waals surface area (Å²) in [6.45, 7) is 6.46. The van der Waals surface area contributed by atoms with Crippen molar-refractivity contribution in [1.82, 2.24) is 0 Å². The van der Waals surface area contributed by atoms with Crippen LogP contribution in [-0.2, 0) is 0 Å². The van der Waals surface area contributed by atoms with Crippen LogP contribution in [0.5, 0.6) is 0 Å². The van der Waals surface area contributed by atoms with E-state index >= 15 is 0 Å². The van der Waals surface area contributed by atoms with Crippen LogP contribution in [0.15, 0.2) is 0 Å². The van der Waals surface area contributed by atoms with Crippen molar-refractivity contribution in [2.45, 2.75) is 45.8 Å². The second-order valence-corrected chi connectivity index (χ2v) is 4.53. The van der Waals surface area contributed by atoms with Crippen LogP contribution in [0.2, 0.25) is 0 Å². The van der Waals surface area contributed by atoms with Gasteiger partial charge in [-0.1, -0.05) is 20.8 Å². The molecule has 0 aromatic rings. The van der Waals surface area contributed by atoms with Crippen LogP contribution in [0.25, 0.3) is 0 Å². The topological polar surface area (TPSA) is 46.2 Å². The Labute approximate surface area is 75.2 Å². The molecule has 1 rings (SSSR count). The molecule has 2 nitrogen and oxygen atoms in total. The fourth-order valence-electron chi connectivity index (χ4n) is 2.17. The van der Waals surface area contributed by atoms with Gasteiger partial charge >= 0.3 is 0 Å². The van der Waals surface area contributed by atoms with E-state index in [0.29, 0.717) is 17.8 Å². The summed E-state index contributed by atoms with van der Waals surface area (Å²) >= 11 is 0. The molecule has 4 unspecified atom stereocenters. The molecule has 3 N–H and O–H groups in total. The molecule has 0 heterocycles. The van der Waals surface area contributed by atoms with Gasteiger partial charge in [0.25, 0.3) is 0 Å². The Bertz CT molecular complexity index is 147. The van der Waals surface area contributed by atoms with Crippen LogP contribution >= 0.6 is 0 Å². The molecule has 0 aromatic heterocycles. The second kappa shape index (κ2) is 3.75. The number of hydrogen-bond acceptors (Lipinski definition) is 2. The van der Waals surface area contributed by atoms with Gasteiger partial charge in [-0.25, -0.2) is 0 Å². The van der Waals surface area contributed by atoms with Gasteiger partial charge in [0.05, 0.1) is 6.10 Å². The summed E-state index contributed by atoms with van der Waals surface area (Å²) in [4.78, 5) is 0. The molecule has 0 saturated heterocycles. The number of aliphatic hydroxyl groups excluding tert-OH is 1. The Morgan fingerprint density at radius 3 is 2.42 bits per heavy atom. The van der Waals surface area contributed by atoms with Gasteiger partial charge < -0.3 is 10.8 Å². The number of hydrogen-bond donors (Lipinski definition) is 2. The lowest BCUT2D eigenvalue weighted by molar-refractivity contribution is 0.00784. The Balaban J connectivity index is 2.58. The lowest BCUT2D eigenvalue weighted by Gasteiger charge is -2.38. The maximum Gasteiger partial charge on any atom is 0.0724 e. The van der Waals surface area contributed by atoms with Crippen molar-refractivity contribution in [2.75, 3.05) is 0 Å². The highest BCUT2D eigenvalue weighted by atomic mass is 16.3. The normalized spacial score (nSPS) is 43.5. The summed E-state index contributed by atoms with van der Waals surface area (Å²) in [5, 5.41) is 9.85. The number of aliphatic hydroxyl groups is 1. The molecular weight excluding hydrogens is 150 g/mol. The van der Waals surface area contributed by atoms with E-state index in [1.54, 1.807) is 0 Å². The highest BCUT2D eigenvalue weighted by Gasteiger charge is 2.35. The lowest BCUT2D eigenvalue weighted by Crippen LogP contribution is -2.49. The van der Waals surface area contributed by atoms with Crippen LogP contribution in [0.3, 0.4) is 0 Å². The first-order chi connectivity index (χ1) is 5.54. The van der Waals surface area contributed by atoms with E-state index in [4.69, 9.17) is 5.73 Å². The molecule has 0 amide bonds. The van der Waals surface area contributed by atoms with Gasteiger partial charge in [0.1, 0.15) is 0 Å². The molecule has 0 spiro atoms. The first-order valence-corrected chi connectivity index (χ1v) is 4.97. The zero-order valence-electron chi connectivity index (χ0n) is 8.33. The molecule has 12 heavy (non-hydrogen) atoms. The first kappa shape index (κ1) is 10.0. The van der Waals surface area contributed by atoms with Gasteiger partial charge in [0.15, 0.2) is 0 Å². The van der Waals surface area contributed by atoms with Crippen LogP contribution in [0, 0.1) is 17.8 Å². The third-order valence-corrected chi connectivity index (χ3v) is 3.30. The summed E-state index contributed by atoms with van der Waals surface area (Å²) < 4.78 is 0. The molecule has 72 valence electrons. The van der Waals surface area contributed by atoms with Crippen molar-refractivity contribution in [2.24, 2.45) is 23.5 Å². The highest BCUT2D eigenvalue weighted by molar-refractivity contribution is 4.89. The molecule has 4 atom stereocenters. The SMILES string of the molecule is CC(C)C1CCC(C)C(N)C1O. The van der Waals surface area contributed by atoms with Gasteiger partial charge in [-0.05, 0) is 30.6 Å². The summed E-state index contributed by atoms with van der Waals surface area (Å²) in [5.74, 6) is 1.45. The lowest BCUT2D eigenvalue weighted by atomic mass is 9.73. The largest absolute Gasteiger partial charge is 0.391 e. The Morgan fingerprint density at radius 1 is 1.33 bits per heavy atom. The molecule has 1 saturated carbocycles. The molecular formula is C10H21NO. The highest BCUT2D eigenvalue weighted by Crippen LogP contribution is 2.32. The Kier molecular flexibility index (Phi) is 3.13. The standard InChI is InChI=1S/C10H21NO/c1-6(2)8-5-4-7(3)9(11)10(8)12/h6-10,12H,4-5,11H2,1-3H3. The second-order valence-electron chi connectivity index (χ2n) is 4.53. The zero-order chi connectivity index (χ0) is 9.30. The minimum Gasteiger partial charge on any atom is -0.391 e. The van der Waals surface area contributed by atoms with Crippen molar-refractivity contribution in [3.05, 3.63) is 0 Å². The molecule has 0 radical (unpaired) electrons. The molecule has 1 aliphatic carbocycles. The third kappa shape index (κ3) is 1.80. The molecule has 0 aliphatic heterocycles. The van der Waals surface area contributed by atoms with Crippen LogP contribution < -0.4 is 5.73 Å². The number of nitrogens with two attached hydrogens (primary N) is 1. The predicted octanol–water partition coefficient (Wildman–Crippen LogP) is 1.38. The van der Waals surface area contributed by atoms with Gasteiger partial charge in [-0.15, -0.1) is 0 Å². The van der Waals surface area contributed by atoms with E-state index in [-0.39, 0.29) is 12.1 Å². The van der Waals surface area contributed by atoms with E-state index in [1.165, 1.54) is 6.42 Å². The summed E-state index contributed by atoms with van der Waals surface area (Å²) in [5.41, 5.74) is 5.90. The molecule has 1 fully saturated rings. The van der Waals surface area contributed by atoms with E-state index in [2.05, 4.69) is 20.8 Å². The average Bonchev–Trinajstić information content (AvgIpc) is 2.00. The van der Waals surface area contributed by atoms with Crippen molar-refractivity contribution in [3.63, 3.8) is 0 Å². The summed E-state index contributed by atoms with van der Waals surface area (Å²) in [6.07, 6.45) is 2.02. The minimum absolute atomic E-state index is 0.00819. The van der Waals surface area contributed by atoms with E-state index in [0.717, 1.165) is 6.42 Å². The fourth-order valence-corrected chi connectivity index (χ4v) is 2.17. The Hall–Kier alpha value is -0.0800. The summed E-state index contributed by atoms with van der Waals surface area (Å²) in [6, 6.07) is -0.00819. The Morgan fingerprint density at radius 2 is 1.92 bits per heavy atom. The molecule has 0 bridgehead atoms. The monoisotopic (exact) mass is 171 g/mol. The third-order valence-electron chi connectivity index (χ3n) is 3.30. The van der Waals surface area contributed by atoms with E-state index in [1.807, 2.05) is 0 Å². The smallest absolute Gasteiger partial charge is 0.0724 e. The van der Waals surface area contributed by atoms with Crippen molar-refractivity contribution >= 4 is 0 Å². The van der Waals surface area contributed by atoms with Crippen LogP contribution in [-0.4, -0.2) is 17.3 Å². The van der Waals surface area contributed by atoms with Gasteiger partial charge in [0.2, 0.25) is 0 Å². The maximum atomic E-state index is 9.85. The van der Waals surface area contributed by atoms with Crippen LogP contribution in [0.1, 0.15) is 33.6 Å². The van der Waals surface area contributed by atoms with Crippen molar-refractivity contribution in [1.29, 1.82) is 0 Å². The summed E-state index contributed by atoms with van der Waals surface area (Å²) in [7, 11) is 0. The minimum atomic E-state index is -0.284.